The van der Waals surface area contributed by atoms with Crippen molar-refractivity contribution in [3.63, 3.8) is 0 Å². The number of ether oxygens (including phenoxy) is 2. The molecule has 1 heterocycles. The van der Waals surface area contributed by atoms with Crippen LogP contribution < -0.4 is 4.74 Å². The molecule has 2 N–H and O–H groups in total. The SMILES string of the molecule is OC[C@H]1O[C@H](Oc2ccccc2)CC[C@@H]1O. The van der Waals surface area contributed by atoms with Crippen LogP contribution in [0.5, 0.6) is 5.75 Å². The fourth-order valence-electron chi connectivity index (χ4n) is 1.75. The van der Waals surface area contributed by atoms with Gasteiger partial charge in [0.1, 0.15) is 11.9 Å². The van der Waals surface area contributed by atoms with E-state index in [0.717, 1.165) is 5.75 Å². The zero-order valence-electron chi connectivity index (χ0n) is 8.95. The number of aliphatic hydroxyl groups excluding tert-OH is 2. The summed E-state index contributed by atoms with van der Waals surface area (Å²) in [5.74, 6) is 0.737. The third kappa shape index (κ3) is 2.72. The average Bonchev–Trinajstić information content (AvgIpc) is 2.33. The van der Waals surface area contributed by atoms with E-state index >= 15 is 0 Å². The van der Waals surface area contributed by atoms with Crippen molar-refractivity contribution in [2.45, 2.75) is 31.3 Å². The summed E-state index contributed by atoms with van der Waals surface area (Å²) in [7, 11) is 0. The Kier molecular flexibility index (Phi) is 3.77. The summed E-state index contributed by atoms with van der Waals surface area (Å²) in [5, 5.41) is 18.5. The molecule has 88 valence electrons. The molecule has 3 atom stereocenters. The lowest BCUT2D eigenvalue weighted by Crippen LogP contribution is -2.43. The zero-order valence-corrected chi connectivity index (χ0v) is 8.95. The maximum absolute atomic E-state index is 9.51. The average molecular weight is 224 g/mol. The minimum Gasteiger partial charge on any atom is -0.465 e. The van der Waals surface area contributed by atoms with Crippen molar-refractivity contribution in [1.29, 1.82) is 0 Å². The molecule has 4 heteroatoms. The van der Waals surface area contributed by atoms with E-state index in [1.807, 2.05) is 30.3 Å². The summed E-state index contributed by atoms with van der Waals surface area (Å²) >= 11 is 0. The van der Waals surface area contributed by atoms with Gasteiger partial charge in [-0.15, -0.1) is 0 Å². The molecule has 0 aliphatic carbocycles. The quantitative estimate of drug-likeness (QED) is 0.801. The van der Waals surface area contributed by atoms with Gasteiger partial charge in [-0.25, -0.2) is 0 Å². The highest BCUT2D eigenvalue weighted by molar-refractivity contribution is 5.21. The second-order valence-electron chi connectivity index (χ2n) is 3.86. The van der Waals surface area contributed by atoms with Gasteiger partial charge in [0.15, 0.2) is 6.29 Å². The molecule has 1 aliphatic rings. The van der Waals surface area contributed by atoms with Gasteiger partial charge in [-0.1, -0.05) is 18.2 Å². The summed E-state index contributed by atoms with van der Waals surface area (Å²) in [6, 6.07) is 9.38. The van der Waals surface area contributed by atoms with Crippen molar-refractivity contribution >= 4 is 0 Å². The molecule has 0 aromatic heterocycles. The first-order valence-corrected chi connectivity index (χ1v) is 5.45. The third-order valence-corrected chi connectivity index (χ3v) is 2.64. The fourth-order valence-corrected chi connectivity index (χ4v) is 1.75. The molecule has 1 saturated heterocycles. The van der Waals surface area contributed by atoms with Crippen molar-refractivity contribution in [1.82, 2.24) is 0 Å². The highest BCUT2D eigenvalue weighted by atomic mass is 16.7. The van der Waals surface area contributed by atoms with Crippen molar-refractivity contribution in [3.05, 3.63) is 30.3 Å². The minimum atomic E-state index is -0.597. The van der Waals surface area contributed by atoms with E-state index in [0.29, 0.717) is 12.8 Å². The maximum Gasteiger partial charge on any atom is 0.200 e. The number of hydrogen-bond donors (Lipinski definition) is 2. The van der Waals surface area contributed by atoms with Crippen LogP contribution in [-0.4, -0.2) is 35.3 Å². The topological polar surface area (TPSA) is 58.9 Å². The first kappa shape index (κ1) is 11.4. The van der Waals surface area contributed by atoms with E-state index in [-0.39, 0.29) is 12.9 Å². The Labute approximate surface area is 94.4 Å². The lowest BCUT2D eigenvalue weighted by molar-refractivity contribution is -0.196. The highest BCUT2D eigenvalue weighted by Gasteiger charge is 2.30. The molecule has 1 aliphatic heterocycles. The van der Waals surface area contributed by atoms with Crippen LogP contribution in [0.15, 0.2) is 30.3 Å². The fraction of sp³-hybridized carbons (Fsp3) is 0.500. The summed E-state index contributed by atoms with van der Waals surface area (Å²) in [6.45, 7) is -0.185. The zero-order chi connectivity index (χ0) is 11.4. The Morgan fingerprint density at radius 3 is 2.69 bits per heavy atom. The van der Waals surface area contributed by atoms with Crippen LogP contribution >= 0.6 is 0 Å². The Balaban J connectivity index is 1.92. The molecule has 0 spiro atoms. The smallest absolute Gasteiger partial charge is 0.200 e. The van der Waals surface area contributed by atoms with E-state index in [1.54, 1.807) is 0 Å². The van der Waals surface area contributed by atoms with Crippen LogP contribution in [0, 0.1) is 0 Å². The summed E-state index contributed by atoms with van der Waals surface area (Å²) in [4.78, 5) is 0. The minimum absolute atomic E-state index is 0.185. The van der Waals surface area contributed by atoms with E-state index in [1.165, 1.54) is 0 Å². The Hall–Kier alpha value is -1.10. The lowest BCUT2D eigenvalue weighted by Gasteiger charge is -2.32. The summed E-state index contributed by atoms with van der Waals surface area (Å²) in [6.07, 6.45) is -0.305. The molecule has 1 fully saturated rings. The van der Waals surface area contributed by atoms with Gasteiger partial charge in [0.05, 0.1) is 12.7 Å². The lowest BCUT2D eigenvalue weighted by atomic mass is 10.1. The van der Waals surface area contributed by atoms with Crippen molar-refractivity contribution in [2.75, 3.05) is 6.61 Å². The van der Waals surface area contributed by atoms with Gasteiger partial charge in [0.2, 0.25) is 0 Å². The molecule has 0 radical (unpaired) electrons. The molecule has 2 rings (SSSR count). The molecule has 0 unspecified atom stereocenters. The summed E-state index contributed by atoms with van der Waals surface area (Å²) < 4.78 is 11.0. The van der Waals surface area contributed by atoms with Crippen LogP contribution in [0.2, 0.25) is 0 Å². The molecule has 0 bridgehead atoms. The maximum atomic E-state index is 9.51. The normalized spacial score (nSPS) is 30.0. The first-order chi connectivity index (χ1) is 7.79. The molecule has 1 aromatic carbocycles. The van der Waals surface area contributed by atoms with Crippen LogP contribution in [0.4, 0.5) is 0 Å². The van der Waals surface area contributed by atoms with Gasteiger partial charge in [0.25, 0.3) is 0 Å². The highest BCUT2D eigenvalue weighted by Crippen LogP contribution is 2.22. The Bertz CT molecular complexity index is 314. The molecule has 1 aromatic rings. The Morgan fingerprint density at radius 1 is 1.25 bits per heavy atom. The van der Waals surface area contributed by atoms with Gasteiger partial charge < -0.3 is 19.7 Å². The largest absolute Gasteiger partial charge is 0.465 e. The molecule has 4 nitrogen and oxygen atoms in total. The predicted octanol–water partition coefficient (Wildman–Crippen LogP) is 0.924. The second kappa shape index (κ2) is 5.30. The van der Waals surface area contributed by atoms with Gasteiger partial charge in [-0.05, 0) is 18.6 Å². The standard InChI is InChI=1S/C12H16O4/c13-8-11-10(14)6-7-12(16-11)15-9-4-2-1-3-5-9/h1-5,10-14H,6-8H2/t10-,11+,12-/m0/s1. The molecule has 0 saturated carbocycles. The number of rotatable bonds is 3. The Morgan fingerprint density at radius 2 is 2.00 bits per heavy atom. The second-order valence-corrected chi connectivity index (χ2v) is 3.86. The van der Waals surface area contributed by atoms with Gasteiger partial charge >= 0.3 is 0 Å². The van der Waals surface area contributed by atoms with Crippen LogP contribution in [0.25, 0.3) is 0 Å². The summed E-state index contributed by atoms with van der Waals surface area (Å²) in [5.41, 5.74) is 0. The predicted molar refractivity (Wildman–Crippen MR) is 58.1 cm³/mol. The molecular weight excluding hydrogens is 208 g/mol. The monoisotopic (exact) mass is 224 g/mol. The van der Waals surface area contributed by atoms with E-state index in [9.17, 15) is 5.11 Å². The number of aliphatic hydroxyl groups is 2. The van der Waals surface area contributed by atoms with Gasteiger partial charge in [-0.3, -0.25) is 0 Å². The van der Waals surface area contributed by atoms with Gasteiger partial charge in [0, 0.05) is 6.42 Å². The van der Waals surface area contributed by atoms with Crippen molar-refractivity contribution < 1.29 is 19.7 Å². The number of benzene rings is 1. The molecule has 16 heavy (non-hydrogen) atoms. The van der Waals surface area contributed by atoms with Crippen LogP contribution in [0.3, 0.4) is 0 Å². The van der Waals surface area contributed by atoms with E-state index < -0.39 is 12.2 Å². The van der Waals surface area contributed by atoms with Crippen molar-refractivity contribution in [3.8, 4) is 5.75 Å². The van der Waals surface area contributed by atoms with Gasteiger partial charge in [-0.2, -0.15) is 0 Å². The van der Waals surface area contributed by atoms with Crippen LogP contribution in [0.1, 0.15) is 12.8 Å². The number of hydrogen-bond acceptors (Lipinski definition) is 4. The van der Waals surface area contributed by atoms with Crippen LogP contribution in [-0.2, 0) is 4.74 Å². The van der Waals surface area contributed by atoms with E-state index in [2.05, 4.69) is 0 Å². The number of para-hydroxylation sites is 1. The van der Waals surface area contributed by atoms with Crippen molar-refractivity contribution in [2.24, 2.45) is 0 Å². The molecular formula is C12H16O4. The third-order valence-electron chi connectivity index (χ3n) is 2.64. The van der Waals surface area contributed by atoms with E-state index in [4.69, 9.17) is 14.6 Å². The molecule has 0 amide bonds. The first-order valence-electron chi connectivity index (χ1n) is 5.45.